The van der Waals surface area contributed by atoms with Gasteiger partial charge in [-0.05, 0) is 30.5 Å². The van der Waals surface area contributed by atoms with E-state index in [0.29, 0.717) is 6.61 Å². The maximum atomic E-state index is 12.8. The Morgan fingerprint density at radius 1 is 1.33 bits per heavy atom. The van der Waals surface area contributed by atoms with Crippen molar-refractivity contribution in [1.29, 1.82) is 0 Å². The average molecular weight is 209 g/mol. The maximum absolute atomic E-state index is 12.8. The van der Waals surface area contributed by atoms with Crippen LogP contribution in [0.5, 0.6) is 0 Å². The van der Waals surface area contributed by atoms with Crippen LogP contribution in [-0.4, -0.2) is 5.71 Å². The summed E-state index contributed by atoms with van der Waals surface area (Å²) in [6.07, 6.45) is 1.78. The summed E-state index contributed by atoms with van der Waals surface area (Å²) in [7, 11) is 0. The van der Waals surface area contributed by atoms with Gasteiger partial charge in [-0.3, -0.25) is 0 Å². The molecule has 0 saturated carbocycles. The fourth-order valence-electron chi connectivity index (χ4n) is 1.20. The van der Waals surface area contributed by atoms with E-state index in [1.165, 1.54) is 12.1 Å². The van der Waals surface area contributed by atoms with Crippen molar-refractivity contribution in [2.75, 3.05) is 0 Å². The van der Waals surface area contributed by atoms with Crippen molar-refractivity contribution in [3.05, 3.63) is 35.6 Å². The molecule has 0 saturated heterocycles. The standard InChI is InChI=1S/C12H16FNO/c1-3-12(4-2)14-15-9-10-6-5-7-11(13)8-10/h5-8H,3-4,9H2,1-2H3. The lowest BCUT2D eigenvalue weighted by atomic mass is 10.2. The first-order valence-corrected chi connectivity index (χ1v) is 5.18. The highest BCUT2D eigenvalue weighted by molar-refractivity contribution is 5.83. The Kier molecular flexibility index (Phi) is 4.81. The summed E-state index contributed by atoms with van der Waals surface area (Å²) in [6, 6.07) is 6.35. The predicted octanol–water partition coefficient (Wildman–Crippen LogP) is 3.52. The summed E-state index contributed by atoms with van der Waals surface area (Å²) < 4.78 is 12.8. The van der Waals surface area contributed by atoms with Gasteiger partial charge in [0.1, 0.15) is 12.4 Å². The van der Waals surface area contributed by atoms with Crippen molar-refractivity contribution >= 4 is 5.71 Å². The van der Waals surface area contributed by atoms with Crippen LogP contribution >= 0.6 is 0 Å². The van der Waals surface area contributed by atoms with E-state index >= 15 is 0 Å². The molecule has 0 spiro atoms. The smallest absolute Gasteiger partial charge is 0.142 e. The highest BCUT2D eigenvalue weighted by Gasteiger charge is 1.96. The zero-order valence-corrected chi connectivity index (χ0v) is 9.16. The van der Waals surface area contributed by atoms with Crippen LogP contribution in [0.2, 0.25) is 0 Å². The van der Waals surface area contributed by atoms with E-state index in [2.05, 4.69) is 5.16 Å². The largest absolute Gasteiger partial charge is 0.391 e. The zero-order valence-electron chi connectivity index (χ0n) is 9.16. The van der Waals surface area contributed by atoms with Crippen LogP contribution in [0, 0.1) is 5.82 Å². The molecule has 1 aromatic rings. The van der Waals surface area contributed by atoms with Crippen LogP contribution in [0.3, 0.4) is 0 Å². The zero-order chi connectivity index (χ0) is 11.1. The van der Waals surface area contributed by atoms with Gasteiger partial charge in [0.15, 0.2) is 0 Å². The molecule has 0 heterocycles. The molecule has 0 atom stereocenters. The lowest BCUT2D eigenvalue weighted by Gasteiger charge is -2.02. The number of nitrogens with zero attached hydrogens (tertiary/aromatic N) is 1. The number of oxime groups is 1. The van der Waals surface area contributed by atoms with Crippen molar-refractivity contribution in [3.63, 3.8) is 0 Å². The summed E-state index contributed by atoms with van der Waals surface area (Å²) in [6.45, 7) is 4.39. The maximum Gasteiger partial charge on any atom is 0.142 e. The average Bonchev–Trinajstić information content (AvgIpc) is 2.25. The van der Waals surface area contributed by atoms with Crippen molar-refractivity contribution < 1.29 is 9.23 Å². The van der Waals surface area contributed by atoms with E-state index < -0.39 is 0 Å². The third kappa shape index (κ3) is 4.11. The molecule has 2 nitrogen and oxygen atoms in total. The molecule has 0 aliphatic carbocycles. The van der Waals surface area contributed by atoms with E-state index in [4.69, 9.17) is 4.84 Å². The van der Waals surface area contributed by atoms with Crippen LogP contribution in [0.1, 0.15) is 32.3 Å². The molecule has 15 heavy (non-hydrogen) atoms. The Morgan fingerprint density at radius 2 is 2.07 bits per heavy atom. The second-order valence-electron chi connectivity index (χ2n) is 3.27. The molecule has 0 bridgehead atoms. The molecular weight excluding hydrogens is 193 g/mol. The summed E-state index contributed by atoms with van der Waals surface area (Å²) >= 11 is 0. The molecule has 3 heteroatoms. The fraction of sp³-hybridized carbons (Fsp3) is 0.417. The molecule has 0 aromatic heterocycles. The minimum absolute atomic E-state index is 0.244. The summed E-state index contributed by atoms with van der Waals surface area (Å²) in [5, 5.41) is 3.98. The molecule has 0 fully saturated rings. The van der Waals surface area contributed by atoms with Crippen LogP contribution in [0.25, 0.3) is 0 Å². The summed E-state index contributed by atoms with van der Waals surface area (Å²) in [4.78, 5) is 5.14. The minimum atomic E-state index is -0.244. The van der Waals surface area contributed by atoms with Gasteiger partial charge < -0.3 is 4.84 Å². The molecule has 0 N–H and O–H groups in total. The molecule has 0 radical (unpaired) electrons. The third-order valence-electron chi connectivity index (χ3n) is 2.13. The van der Waals surface area contributed by atoms with E-state index in [9.17, 15) is 4.39 Å². The van der Waals surface area contributed by atoms with Gasteiger partial charge in [-0.15, -0.1) is 0 Å². The van der Waals surface area contributed by atoms with Gasteiger partial charge in [0.2, 0.25) is 0 Å². The summed E-state index contributed by atoms with van der Waals surface area (Å²) in [5.74, 6) is -0.244. The Hall–Kier alpha value is -1.38. The number of rotatable bonds is 5. The van der Waals surface area contributed by atoms with Gasteiger partial charge in [0.05, 0.1) is 5.71 Å². The number of hydrogen-bond acceptors (Lipinski definition) is 2. The lowest BCUT2D eigenvalue weighted by Crippen LogP contribution is -1.96. The van der Waals surface area contributed by atoms with Crippen LogP contribution in [0.4, 0.5) is 4.39 Å². The van der Waals surface area contributed by atoms with E-state index in [-0.39, 0.29) is 5.82 Å². The molecule has 0 unspecified atom stereocenters. The molecular formula is C12H16FNO. The second-order valence-corrected chi connectivity index (χ2v) is 3.27. The van der Waals surface area contributed by atoms with E-state index in [0.717, 1.165) is 24.1 Å². The molecule has 1 aromatic carbocycles. The Labute approximate surface area is 89.7 Å². The fourth-order valence-corrected chi connectivity index (χ4v) is 1.20. The topological polar surface area (TPSA) is 21.6 Å². The molecule has 0 aliphatic heterocycles. The van der Waals surface area contributed by atoms with Crippen molar-refractivity contribution in [3.8, 4) is 0 Å². The van der Waals surface area contributed by atoms with Gasteiger partial charge in [-0.2, -0.15) is 0 Å². The predicted molar refractivity (Wildman–Crippen MR) is 59.2 cm³/mol. The van der Waals surface area contributed by atoms with Crippen molar-refractivity contribution in [1.82, 2.24) is 0 Å². The Balaban J connectivity index is 2.47. The van der Waals surface area contributed by atoms with Crippen LogP contribution in [-0.2, 0) is 11.4 Å². The second kappa shape index (κ2) is 6.17. The van der Waals surface area contributed by atoms with Gasteiger partial charge in [0, 0.05) is 0 Å². The van der Waals surface area contributed by atoms with Crippen LogP contribution in [0.15, 0.2) is 29.4 Å². The monoisotopic (exact) mass is 209 g/mol. The first kappa shape index (κ1) is 11.7. The lowest BCUT2D eigenvalue weighted by molar-refractivity contribution is 0.129. The van der Waals surface area contributed by atoms with Crippen LogP contribution < -0.4 is 0 Å². The highest BCUT2D eigenvalue weighted by atomic mass is 19.1. The molecule has 0 amide bonds. The number of halogens is 1. The quantitative estimate of drug-likeness (QED) is 0.537. The van der Waals surface area contributed by atoms with Crippen molar-refractivity contribution in [2.45, 2.75) is 33.3 Å². The first-order chi connectivity index (χ1) is 7.26. The van der Waals surface area contributed by atoms with Crippen molar-refractivity contribution in [2.24, 2.45) is 5.16 Å². The first-order valence-electron chi connectivity index (χ1n) is 5.18. The molecule has 0 aliphatic rings. The SMILES string of the molecule is CCC(CC)=NOCc1cccc(F)c1. The van der Waals surface area contributed by atoms with Gasteiger partial charge in [-0.25, -0.2) is 4.39 Å². The number of hydrogen-bond donors (Lipinski definition) is 0. The molecule has 1 rings (SSSR count). The van der Waals surface area contributed by atoms with Gasteiger partial charge in [-0.1, -0.05) is 31.1 Å². The Bertz CT molecular complexity index is 330. The normalized spacial score (nSPS) is 9.80. The highest BCUT2D eigenvalue weighted by Crippen LogP contribution is 2.05. The number of benzene rings is 1. The summed E-state index contributed by atoms with van der Waals surface area (Å²) in [5.41, 5.74) is 1.82. The molecule has 82 valence electrons. The van der Waals surface area contributed by atoms with E-state index in [1.54, 1.807) is 6.07 Å². The van der Waals surface area contributed by atoms with Gasteiger partial charge in [0.25, 0.3) is 0 Å². The minimum Gasteiger partial charge on any atom is -0.391 e. The van der Waals surface area contributed by atoms with E-state index in [1.807, 2.05) is 19.9 Å². The third-order valence-corrected chi connectivity index (χ3v) is 2.13. The Morgan fingerprint density at radius 3 is 2.67 bits per heavy atom. The van der Waals surface area contributed by atoms with Gasteiger partial charge >= 0.3 is 0 Å².